The van der Waals surface area contributed by atoms with Gasteiger partial charge in [0, 0.05) is 5.92 Å². The summed E-state index contributed by atoms with van der Waals surface area (Å²) in [4.78, 5) is 23.5. The molecule has 0 spiro atoms. The molecule has 0 aromatic carbocycles. The standard InChI is InChI=1S/C10H11BrN2O2S/c1-5-4-6(5)9(14)12-13-10(15)7-2-3-8(11)16-7/h2-3,5-6H,4H2,1H3,(H,12,14)(H,13,15)/t5-,6-/m1/s1. The van der Waals surface area contributed by atoms with Gasteiger partial charge in [0.15, 0.2) is 0 Å². The lowest BCUT2D eigenvalue weighted by Crippen LogP contribution is -2.42. The van der Waals surface area contributed by atoms with Crippen LogP contribution in [-0.4, -0.2) is 11.8 Å². The topological polar surface area (TPSA) is 58.2 Å². The van der Waals surface area contributed by atoms with Crippen LogP contribution in [0.2, 0.25) is 0 Å². The summed E-state index contributed by atoms with van der Waals surface area (Å²) in [5.41, 5.74) is 4.84. The highest BCUT2D eigenvalue weighted by Gasteiger charge is 2.39. The first kappa shape index (κ1) is 11.6. The first-order valence-corrected chi connectivity index (χ1v) is 6.54. The Balaban J connectivity index is 1.82. The molecule has 86 valence electrons. The number of amides is 2. The summed E-state index contributed by atoms with van der Waals surface area (Å²) in [6.45, 7) is 2.02. The Morgan fingerprint density at radius 1 is 1.44 bits per heavy atom. The third-order valence-corrected chi connectivity index (χ3v) is 4.16. The zero-order chi connectivity index (χ0) is 11.7. The molecule has 4 nitrogen and oxygen atoms in total. The van der Waals surface area contributed by atoms with Crippen LogP contribution < -0.4 is 10.9 Å². The minimum absolute atomic E-state index is 0.0652. The molecule has 2 rings (SSSR count). The summed E-state index contributed by atoms with van der Waals surface area (Å²) < 4.78 is 0.889. The van der Waals surface area contributed by atoms with Gasteiger partial charge in [-0.2, -0.15) is 0 Å². The van der Waals surface area contributed by atoms with E-state index in [1.54, 1.807) is 12.1 Å². The van der Waals surface area contributed by atoms with Crippen LogP contribution in [0.15, 0.2) is 15.9 Å². The molecule has 2 atom stereocenters. The molecule has 1 saturated carbocycles. The number of hydrazine groups is 1. The van der Waals surface area contributed by atoms with Gasteiger partial charge in [-0.25, -0.2) is 0 Å². The highest BCUT2D eigenvalue weighted by Crippen LogP contribution is 2.37. The van der Waals surface area contributed by atoms with Crippen LogP contribution in [0.1, 0.15) is 23.0 Å². The largest absolute Gasteiger partial charge is 0.279 e. The average molecular weight is 303 g/mol. The van der Waals surface area contributed by atoms with Gasteiger partial charge in [-0.3, -0.25) is 20.4 Å². The Bertz CT molecular complexity index is 432. The Morgan fingerprint density at radius 3 is 2.62 bits per heavy atom. The van der Waals surface area contributed by atoms with E-state index in [-0.39, 0.29) is 17.7 Å². The molecule has 1 aromatic heterocycles. The Labute approximate surface area is 106 Å². The SMILES string of the molecule is C[C@@H]1C[C@H]1C(=O)NNC(=O)c1ccc(Br)s1. The Kier molecular flexibility index (Phi) is 3.30. The molecule has 0 saturated heterocycles. The molecule has 16 heavy (non-hydrogen) atoms. The summed E-state index contributed by atoms with van der Waals surface area (Å²) in [6, 6.07) is 3.50. The summed E-state index contributed by atoms with van der Waals surface area (Å²) in [7, 11) is 0. The molecule has 1 fully saturated rings. The fourth-order valence-electron chi connectivity index (χ4n) is 1.40. The number of hydrogen-bond acceptors (Lipinski definition) is 3. The quantitative estimate of drug-likeness (QED) is 0.820. The van der Waals surface area contributed by atoms with Gasteiger partial charge in [-0.15, -0.1) is 11.3 Å². The molecule has 1 aromatic rings. The third kappa shape index (κ3) is 2.62. The molecule has 1 aliphatic rings. The number of thiophene rings is 1. The molecule has 1 aliphatic carbocycles. The van der Waals surface area contributed by atoms with E-state index in [2.05, 4.69) is 26.8 Å². The minimum atomic E-state index is -0.280. The van der Waals surface area contributed by atoms with Crippen LogP contribution in [0.25, 0.3) is 0 Å². The van der Waals surface area contributed by atoms with Gasteiger partial charge in [0.05, 0.1) is 8.66 Å². The molecule has 0 unspecified atom stereocenters. The molecule has 1 heterocycles. The molecule has 2 amide bonds. The van der Waals surface area contributed by atoms with Gasteiger partial charge < -0.3 is 0 Å². The number of rotatable bonds is 2. The van der Waals surface area contributed by atoms with E-state index >= 15 is 0 Å². The Morgan fingerprint density at radius 2 is 2.12 bits per heavy atom. The van der Waals surface area contributed by atoms with E-state index in [0.717, 1.165) is 10.2 Å². The predicted octanol–water partition coefficient (Wildman–Crippen LogP) is 1.93. The molecule has 0 radical (unpaired) electrons. The number of nitrogens with one attached hydrogen (secondary N) is 2. The summed E-state index contributed by atoms with van der Waals surface area (Å²) in [6.07, 6.45) is 0.909. The average Bonchev–Trinajstić information content (AvgIpc) is 2.81. The van der Waals surface area contributed by atoms with E-state index in [1.807, 2.05) is 6.92 Å². The predicted molar refractivity (Wildman–Crippen MR) is 64.9 cm³/mol. The van der Waals surface area contributed by atoms with Crippen molar-refractivity contribution < 1.29 is 9.59 Å². The number of halogens is 1. The van der Waals surface area contributed by atoms with Gasteiger partial charge in [0.25, 0.3) is 5.91 Å². The fourth-order valence-corrected chi connectivity index (χ4v) is 2.68. The van der Waals surface area contributed by atoms with E-state index in [0.29, 0.717) is 10.8 Å². The second kappa shape index (κ2) is 4.55. The van der Waals surface area contributed by atoms with Crippen LogP contribution in [-0.2, 0) is 4.79 Å². The minimum Gasteiger partial charge on any atom is -0.273 e. The van der Waals surface area contributed by atoms with E-state index in [9.17, 15) is 9.59 Å². The lowest BCUT2D eigenvalue weighted by atomic mass is 10.3. The van der Waals surface area contributed by atoms with Gasteiger partial charge in [0.1, 0.15) is 0 Å². The van der Waals surface area contributed by atoms with Crippen molar-refractivity contribution in [2.24, 2.45) is 11.8 Å². The van der Waals surface area contributed by atoms with Crippen molar-refractivity contribution in [2.75, 3.05) is 0 Å². The summed E-state index contributed by atoms with van der Waals surface area (Å²) >= 11 is 4.60. The van der Waals surface area contributed by atoms with Gasteiger partial charge in [-0.1, -0.05) is 6.92 Å². The maximum absolute atomic E-state index is 11.6. The van der Waals surface area contributed by atoms with Crippen molar-refractivity contribution in [3.05, 3.63) is 20.8 Å². The third-order valence-electron chi connectivity index (χ3n) is 2.54. The summed E-state index contributed by atoms with van der Waals surface area (Å²) in [5.74, 6) is 0.122. The van der Waals surface area contributed by atoms with Crippen LogP contribution in [0.4, 0.5) is 0 Å². The van der Waals surface area contributed by atoms with Crippen LogP contribution in [0.3, 0.4) is 0 Å². The smallest absolute Gasteiger partial charge is 0.273 e. The first-order chi connectivity index (χ1) is 7.58. The molecular weight excluding hydrogens is 292 g/mol. The van der Waals surface area contributed by atoms with Crippen LogP contribution in [0.5, 0.6) is 0 Å². The maximum atomic E-state index is 11.6. The van der Waals surface area contributed by atoms with Crippen molar-refractivity contribution in [1.29, 1.82) is 0 Å². The zero-order valence-corrected chi connectivity index (χ0v) is 11.0. The first-order valence-electron chi connectivity index (χ1n) is 4.93. The molecular formula is C10H11BrN2O2S. The number of hydrogen-bond donors (Lipinski definition) is 2. The highest BCUT2D eigenvalue weighted by molar-refractivity contribution is 9.11. The van der Waals surface area contributed by atoms with E-state index < -0.39 is 0 Å². The second-order valence-corrected chi connectivity index (χ2v) is 6.33. The van der Waals surface area contributed by atoms with E-state index in [4.69, 9.17) is 0 Å². The van der Waals surface area contributed by atoms with Crippen molar-refractivity contribution in [3.8, 4) is 0 Å². The van der Waals surface area contributed by atoms with E-state index in [1.165, 1.54) is 11.3 Å². The second-order valence-electron chi connectivity index (χ2n) is 3.87. The monoisotopic (exact) mass is 302 g/mol. The lowest BCUT2D eigenvalue weighted by Gasteiger charge is -2.04. The fraction of sp³-hybridized carbons (Fsp3) is 0.400. The Hall–Kier alpha value is -0.880. The highest BCUT2D eigenvalue weighted by atomic mass is 79.9. The molecule has 0 bridgehead atoms. The van der Waals surface area contributed by atoms with Gasteiger partial charge in [-0.05, 0) is 40.4 Å². The molecule has 6 heteroatoms. The van der Waals surface area contributed by atoms with Crippen molar-refractivity contribution >= 4 is 39.1 Å². The van der Waals surface area contributed by atoms with Gasteiger partial charge >= 0.3 is 0 Å². The van der Waals surface area contributed by atoms with Crippen molar-refractivity contribution in [3.63, 3.8) is 0 Å². The number of carbonyl (C=O) groups is 2. The van der Waals surface area contributed by atoms with Crippen molar-refractivity contribution in [1.82, 2.24) is 10.9 Å². The molecule has 2 N–H and O–H groups in total. The van der Waals surface area contributed by atoms with Crippen molar-refractivity contribution in [2.45, 2.75) is 13.3 Å². The summed E-state index contributed by atoms with van der Waals surface area (Å²) in [5, 5.41) is 0. The molecule has 0 aliphatic heterocycles. The number of carbonyl (C=O) groups excluding carboxylic acids is 2. The van der Waals surface area contributed by atoms with Gasteiger partial charge in [0.2, 0.25) is 5.91 Å². The zero-order valence-electron chi connectivity index (χ0n) is 8.62. The lowest BCUT2D eigenvalue weighted by molar-refractivity contribution is -0.123. The van der Waals surface area contributed by atoms with Crippen LogP contribution >= 0.6 is 27.3 Å². The normalized spacial score (nSPS) is 22.6. The maximum Gasteiger partial charge on any atom is 0.279 e. The van der Waals surface area contributed by atoms with Crippen LogP contribution in [0, 0.1) is 11.8 Å².